The number of benzene rings is 3. The topological polar surface area (TPSA) is 46.2 Å². The summed E-state index contributed by atoms with van der Waals surface area (Å²) in [6, 6.07) is 22.6. The largest absolute Gasteiger partial charge is 0.348 e. The molecule has 1 N–H and O–H groups in total. The first-order valence-corrected chi connectivity index (χ1v) is 7.85. The Morgan fingerprint density at radius 1 is 0.750 bits per heavy atom. The number of amides is 1. The summed E-state index contributed by atoms with van der Waals surface area (Å²) in [6.45, 7) is 0.435. The van der Waals surface area contributed by atoms with E-state index >= 15 is 0 Å². The Bertz CT molecular complexity index is 945. The summed E-state index contributed by atoms with van der Waals surface area (Å²) in [4.78, 5) is 25.3. The van der Waals surface area contributed by atoms with Crippen LogP contribution in [0.25, 0.3) is 11.1 Å². The van der Waals surface area contributed by atoms with Crippen LogP contribution in [0.4, 0.5) is 0 Å². The van der Waals surface area contributed by atoms with Gasteiger partial charge in [0.15, 0.2) is 5.78 Å². The molecule has 4 rings (SSSR count). The van der Waals surface area contributed by atoms with Gasteiger partial charge in [-0.25, -0.2) is 0 Å². The van der Waals surface area contributed by atoms with Crippen LogP contribution >= 0.6 is 0 Å². The van der Waals surface area contributed by atoms with E-state index < -0.39 is 0 Å². The molecule has 3 aromatic carbocycles. The molecule has 3 heteroatoms. The van der Waals surface area contributed by atoms with Gasteiger partial charge in [-0.15, -0.1) is 0 Å². The Balaban J connectivity index is 1.66. The Hall–Kier alpha value is -3.20. The zero-order chi connectivity index (χ0) is 16.5. The van der Waals surface area contributed by atoms with Crippen LogP contribution in [0.2, 0.25) is 0 Å². The molecule has 0 fully saturated rings. The van der Waals surface area contributed by atoms with Gasteiger partial charge in [-0.2, -0.15) is 0 Å². The van der Waals surface area contributed by atoms with Gasteiger partial charge in [0, 0.05) is 17.7 Å². The lowest BCUT2D eigenvalue weighted by Gasteiger charge is -2.09. The van der Waals surface area contributed by atoms with Crippen molar-refractivity contribution in [2.24, 2.45) is 0 Å². The highest BCUT2D eigenvalue weighted by molar-refractivity contribution is 6.25. The second-order valence-electron chi connectivity index (χ2n) is 5.77. The number of carbonyl (C=O) groups is 2. The van der Waals surface area contributed by atoms with E-state index in [1.54, 1.807) is 6.07 Å². The summed E-state index contributed by atoms with van der Waals surface area (Å²) in [5.41, 5.74) is 4.36. The lowest BCUT2D eigenvalue weighted by atomic mass is 10.0. The van der Waals surface area contributed by atoms with E-state index in [0.29, 0.717) is 23.2 Å². The predicted molar refractivity (Wildman–Crippen MR) is 92.9 cm³/mol. The van der Waals surface area contributed by atoms with Gasteiger partial charge in [0.2, 0.25) is 0 Å². The molecule has 3 aromatic rings. The summed E-state index contributed by atoms with van der Waals surface area (Å²) in [6.07, 6.45) is 0. The van der Waals surface area contributed by atoms with Crippen molar-refractivity contribution in [3.05, 3.63) is 95.1 Å². The molecule has 1 aliphatic carbocycles. The average molecular weight is 313 g/mol. The van der Waals surface area contributed by atoms with Crippen molar-refractivity contribution in [2.75, 3.05) is 0 Å². The molecule has 0 bridgehead atoms. The molecule has 0 spiro atoms. The zero-order valence-electron chi connectivity index (χ0n) is 13.0. The van der Waals surface area contributed by atoms with Crippen molar-refractivity contribution in [1.82, 2.24) is 5.32 Å². The molecule has 0 saturated heterocycles. The van der Waals surface area contributed by atoms with E-state index in [4.69, 9.17) is 0 Å². The highest BCUT2D eigenvalue weighted by Gasteiger charge is 2.30. The van der Waals surface area contributed by atoms with Crippen molar-refractivity contribution in [3.63, 3.8) is 0 Å². The standard InChI is InChI=1S/C21H15NO2/c23-20-17-10-5-4-9-15(17)16-11-6-12-18(19(16)20)21(24)22-13-14-7-2-1-3-8-14/h1-12H,13H2,(H,22,24). The van der Waals surface area contributed by atoms with Crippen LogP contribution in [0, 0.1) is 0 Å². The summed E-state index contributed by atoms with van der Waals surface area (Å²) in [5, 5.41) is 2.90. The van der Waals surface area contributed by atoms with E-state index in [9.17, 15) is 9.59 Å². The first-order valence-electron chi connectivity index (χ1n) is 7.85. The van der Waals surface area contributed by atoms with Crippen LogP contribution in [0.15, 0.2) is 72.8 Å². The Morgan fingerprint density at radius 3 is 2.21 bits per heavy atom. The van der Waals surface area contributed by atoms with Crippen LogP contribution in [-0.2, 0) is 6.54 Å². The van der Waals surface area contributed by atoms with E-state index in [0.717, 1.165) is 16.7 Å². The first kappa shape index (κ1) is 14.4. The smallest absolute Gasteiger partial charge is 0.252 e. The molecule has 0 radical (unpaired) electrons. The molecule has 0 saturated carbocycles. The molecule has 0 unspecified atom stereocenters. The van der Waals surface area contributed by atoms with Crippen LogP contribution in [0.5, 0.6) is 0 Å². The second-order valence-corrected chi connectivity index (χ2v) is 5.77. The minimum atomic E-state index is -0.225. The Labute approximate surface area is 140 Å². The Kier molecular flexibility index (Phi) is 3.47. The summed E-state index contributed by atoms with van der Waals surface area (Å²) < 4.78 is 0. The highest BCUT2D eigenvalue weighted by Crippen LogP contribution is 2.37. The molecule has 0 heterocycles. The molecule has 0 aromatic heterocycles. The third kappa shape index (κ3) is 2.31. The second kappa shape index (κ2) is 5.78. The minimum absolute atomic E-state index is 0.0777. The van der Waals surface area contributed by atoms with Crippen molar-refractivity contribution in [1.29, 1.82) is 0 Å². The normalized spacial score (nSPS) is 11.8. The van der Waals surface area contributed by atoms with Crippen molar-refractivity contribution >= 4 is 11.7 Å². The first-order chi connectivity index (χ1) is 11.8. The maximum absolute atomic E-state index is 12.7. The summed E-state index contributed by atoms with van der Waals surface area (Å²) in [5.74, 6) is -0.303. The van der Waals surface area contributed by atoms with Gasteiger partial charge in [-0.3, -0.25) is 9.59 Å². The van der Waals surface area contributed by atoms with E-state index in [-0.39, 0.29) is 11.7 Å². The lowest BCUT2D eigenvalue weighted by Crippen LogP contribution is -2.24. The Morgan fingerprint density at radius 2 is 1.42 bits per heavy atom. The van der Waals surface area contributed by atoms with Crippen molar-refractivity contribution in [2.45, 2.75) is 6.54 Å². The monoisotopic (exact) mass is 313 g/mol. The molecule has 1 aliphatic rings. The molecular formula is C21H15NO2. The fraction of sp³-hybridized carbons (Fsp3) is 0.0476. The molecule has 24 heavy (non-hydrogen) atoms. The predicted octanol–water partition coefficient (Wildman–Crippen LogP) is 3.83. The van der Waals surface area contributed by atoms with Gasteiger partial charge in [0.25, 0.3) is 5.91 Å². The van der Waals surface area contributed by atoms with Crippen molar-refractivity contribution < 1.29 is 9.59 Å². The van der Waals surface area contributed by atoms with Gasteiger partial charge in [-0.1, -0.05) is 66.7 Å². The molecule has 0 atom stereocenters. The lowest BCUT2D eigenvalue weighted by molar-refractivity contribution is 0.0940. The molecule has 3 nitrogen and oxygen atoms in total. The number of rotatable bonds is 3. The van der Waals surface area contributed by atoms with Gasteiger partial charge < -0.3 is 5.32 Å². The maximum Gasteiger partial charge on any atom is 0.252 e. The van der Waals surface area contributed by atoms with Gasteiger partial charge in [-0.05, 0) is 22.8 Å². The molecule has 0 aliphatic heterocycles. The quantitative estimate of drug-likeness (QED) is 0.625. The molecule has 116 valence electrons. The van der Waals surface area contributed by atoms with Gasteiger partial charge in [0.05, 0.1) is 5.56 Å². The number of fused-ring (bicyclic) bond motifs is 3. The number of hydrogen-bond acceptors (Lipinski definition) is 2. The number of hydrogen-bond donors (Lipinski definition) is 1. The summed E-state index contributed by atoms with van der Waals surface area (Å²) in [7, 11) is 0. The maximum atomic E-state index is 12.7. The van der Waals surface area contributed by atoms with Gasteiger partial charge in [0.1, 0.15) is 0 Å². The van der Waals surface area contributed by atoms with Crippen LogP contribution < -0.4 is 5.32 Å². The van der Waals surface area contributed by atoms with E-state index in [1.165, 1.54) is 0 Å². The third-order valence-electron chi connectivity index (χ3n) is 4.29. The van der Waals surface area contributed by atoms with Crippen molar-refractivity contribution in [3.8, 4) is 11.1 Å². The fourth-order valence-corrected chi connectivity index (χ4v) is 3.13. The van der Waals surface area contributed by atoms with Crippen LogP contribution in [0.3, 0.4) is 0 Å². The number of nitrogens with one attached hydrogen (secondary N) is 1. The van der Waals surface area contributed by atoms with Crippen LogP contribution in [0.1, 0.15) is 31.8 Å². The SMILES string of the molecule is O=C(NCc1ccccc1)c1cccc2c1C(=O)c1ccccc1-2. The average Bonchev–Trinajstić information content (AvgIpc) is 2.94. The number of ketones is 1. The summed E-state index contributed by atoms with van der Waals surface area (Å²) >= 11 is 0. The van der Waals surface area contributed by atoms with E-state index in [1.807, 2.05) is 66.7 Å². The van der Waals surface area contributed by atoms with Crippen LogP contribution in [-0.4, -0.2) is 11.7 Å². The zero-order valence-corrected chi connectivity index (χ0v) is 13.0. The minimum Gasteiger partial charge on any atom is -0.348 e. The molecule has 1 amide bonds. The molecular weight excluding hydrogens is 298 g/mol. The third-order valence-corrected chi connectivity index (χ3v) is 4.29. The highest BCUT2D eigenvalue weighted by atomic mass is 16.2. The fourth-order valence-electron chi connectivity index (χ4n) is 3.13. The van der Waals surface area contributed by atoms with E-state index in [2.05, 4.69) is 5.32 Å². The number of carbonyl (C=O) groups excluding carboxylic acids is 2. The van der Waals surface area contributed by atoms with Gasteiger partial charge >= 0.3 is 0 Å².